The second kappa shape index (κ2) is 10.1. The number of rotatable bonds is 6. The van der Waals surface area contributed by atoms with Gasteiger partial charge >= 0.3 is 0 Å². The van der Waals surface area contributed by atoms with Gasteiger partial charge in [-0.1, -0.05) is 41.9 Å². The van der Waals surface area contributed by atoms with E-state index < -0.39 is 0 Å². The molecule has 2 aliphatic heterocycles. The Morgan fingerprint density at radius 1 is 0.941 bits per heavy atom. The molecule has 0 radical (unpaired) electrons. The Morgan fingerprint density at radius 3 is 2.41 bits per heavy atom. The number of β-amino-alcohol motifs (C(OH)–C–C–N with tert-alkyl or cyclic N) is 1. The van der Waals surface area contributed by atoms with Crippen LogP contribution < -0.4 is 5.56 Å². The molecule has 0 aliphatic carbocycles. The van der Waals surface area contributed by atoms with Crippen molar-refractivity contribution in [1.29, 1.82) is 0 Å². The maximum atomic E-state index is 13.6. The summed E-state index contributed by atoms with van der Waals surface area (Å²) in [6.45, 7) is 5.56. The first-order valence-electron chi connectivity index (χ1n) is 11.6. The van der Waals surface area contributed by atoms with Crippen LogP contribution in [0.5, 0.6) is 0 Å². The van der Waals surface area contributed by atoms with Gasteiger partial charge in [-0.25, -0.2) is 0 Å². The minimum Gasteiger partial charge on any atom is -0.395 e. The summed E-state index contributed by atoms with van der Waals surface area (Å²) in [5, 5.41) is 18.4. The molecule has 1 aromatic heterocycles. The zero-order valence-corrected chi connectivity index (χ0v) is 19.7. The second-order valence-corrected chi connectivity index (χ2v) is 8.99. The number of nitrogens with zero attached hydrogens (tertiary/aromatic N) is 6. The molecule has 0 atom stereocenters. The summed E-state index contributed by atoms with van der Waals surface area (Å²) >= 11 is 6.35. The van der Waals surface area contributed by atoms with Crippen molar-refractivity contribution in [1.82, 2.24) is 24.6 Å². The van der Waals surface area contributed by atoms with Gasteiger partial charge in [0.25, 0.3) is 5.56 Å². The van der Waals surface area contributed by atoms with Crippen LogP contribution in [0.4, 0.5) is 0 Å². The molecular weight excluding hydrogens is 452 g/mol. The number of fused-ring (bicyclic) bond motifs is 3. The van der Waals surface area contributed by atoms with Crippen LogP contribution in [0.15, 0.2) is 58.3 Å². The summed E-state index contributed by atoms with van der Waals surface area (Å²) in [5.41, 5.74) is 3.56. The molecule has 9 heteroatoms. The third-order valence-corrected chi connectivity index (χ3v) is 6.66. The minimum absolute atomic E-state index is 0.156. The fourth-order valence-corrected chi connectivity index (χ4v) is 4.74. The lowest BCUT2D eigenvalue weighted by atomic mass is 10.0. The summed E-state index contributed by atoms with van der Waals surface area (Å²) in [6, 6.07) is 15.4. The first-order chi connectivity index (χ1) is 16.6. The number of aromatic nitrogens is 3. The monoisotopic (exact) mass is 478 g/mol. The fraction of sp³-hybridized carbons (Fsp3) is 0.360. The number of aliphatic hydroxyl groups is 1. The highest BCUT2D eigenvalue weighted by Gasteiger charge is 2.23. The first-order valence-corrected chi connectivity index (χ1v) is 11.9. The van der Waals surface area contributed by atoms with Gasteiger partial charge in [0.05, 0.1) is 18.0 Å². The minimum atomic E-state index is -0.156. The average Bonchev–Trinajstić information content (AvgIpc) is 3.02. The van der Waals surface area contributed by atoms with Crippen LogP contribution in [0, 0.1) is 0 Å². The van der Waals surface area contributed by atoms with Crippen molar-refractivity contribution in [2.75, 3.05) is 45.9 Å². The third kappa shape index (κ3) is 4.67. The van der Waals surface area contributed by atoms with E-state index in [0.717, 1.165) is 55.2 Å². The molecule has 2 aromatic carbocycles. The molecule has 3 aromatic rings. The molecule has 34 heavy (non-hydrogen) atoms. The van der Waals surface area contributed by atoms with Crippen molar-refractivity contribution in [2.24, 2.45) is 4.99 Å². The van der Waals surface area contributed by atoms with Gasteiger partial charge < -0.3 is 10.0 Å². The first kappa shape index (κ1) is 22.9. The van der Waals surface area contributed by atoms with Gasteiger partial charge in [-0.3, -0.25) is 19.3 Å². The number of aliphatic imine (C=N–C) groups is 1. The quantitative estimate of drug-likeness (QED) is 0.581. The van der Waals surface area contributed by atoms with E-state index in [9.17, 15) is 4.79 Å². The number of hydrogen-bond donors (Lipinski definition) is 1. The number of piperazine rings is 1. The summed E-state index contributed by atoms with van der Waals surface area (Å²) in [4.78, 5) is 23.0. The van der Waals surface area contributed by atoms with Gasteiger partial charge in [-0.05, 0) is 18.2 Å². The molecule has 2 aliphatic rings. The van der Waals surface area contributed by atoms with E-state index in [4.69, 9.17) is 21.7 Å². The normalized spacial score (nSPS) is 16.5. The van der Waals surface area contributed by atoms with E-state index in [1.807, 2.05) is 42.5 Å². The topological polar surface area (TPSA) is 86.9 Å². The van der Waals surface area contributed by atoms with E-state index in [2.05, 4.69) is 20.0 Å². The number of halogens is 1. The summed E-state index contributed by atoms with van der Waals surface area (Å²) in [7, 11) is 0. The second-order valence-electron chi connectivity index (χ2n) is 8.55. The van der Waals surface area contributed by atoms with Crippen molar-refractivity contribution in [3.8, 4) is 5.69 Å². The third-order valence-electron chi connectivity index (χ3n) is 6.42. The predicted molar refractivity (Wildman–Crippen MR) is 132 cm³/mol. The Morgan fingerprint density at radius 2 is 1.68 bits per heavy atom. The van der Waals surface area contributed by atoms with E-state index in [0.29, 0.717) is 29.5 Å². The molecule has 5 rings (SSSR count). The molecular formula is C25H27ClN6O2. The van der Waals surface area contributed by atoms with Crippen LogP contribution in [0.2, 0.25) is 5.02 Å². The van der Waals surface area contributed by atoms with Gasteiger partial charge in [-0.15, -0.1) is 10.2 Å². The lowest BCUT2D eigenvalue weighted by Crippen LogP contribution is -2.47. The standard InChI is InChI=1S/C25H27ClN6O2/c26-19-6-7-22-20(16-19)24(18-4-2-1-3-5-18)27-17-23-29-28-21(25(34)32(22)23)8-9-30-10-12-31(13-11-30)14-15-33/h1-7,16,33H,8-15,17H2. The Bertz CT molecular complexity index is 1250. The molecule has 0 saturated carbocycles. The van der Waals surface area contributed by atoms with Gasteiger partial charge in [0.2, 0.25) is 0 Å². The van der Waals surface area contributed by atoms with E-state index in [1.54, 1.807) is 10.6 Å². The maximum Gasteiger partial charge on any atom is 0.280 e. The van der Waals surface area contributed by atoms with Gasteiger partial charge in [0.1, 0.15) is 12.2 Å². The average molecular weight is 479 g/mol. The van der Waals surface area contributed by atoms with Crippen LogP contribution in [-0.2, 0) is 13.0 Å². The number of aliphatic hydroxyl groups excluding tert-OH is 1. The molecule has 0 spiro atoms. The predicted octanol–water partition coefficient (Wildman–Crippen LogP) is 1.78. The largest absolute Gasteiger partial charge is 0.395 e. The number of hydrogen-bond acceptors (Lipinski definition) is 7. The molecule has 1 N–H and O–H groups in total. The lowest BCUT2D eigenvalue weighted by molar-refractivity contribution is 0.113. The molecule has 0 unspecified atom stereocenters. The van der Waals surface area contributed by atoms with Gasteiger partial charge in [0, 0.05) is 61.8 Å². The molecule has 176 valence electrons. The van der Waals surface area contributed by atoms with Gasteiger partial charge in [0.15, 0.2) is 5.82 Å². The maximum absolute atomic E-state index is 13.6. The van der Waals surface area contributed by atoms with Crippen LogP contribution in [0.1, 0.15) is 22.6 Å². The van der Waals surface area contributed by atoms with Crippen molar-refractivity contribution in [3.05, 3.63) is 86.6 Å². The molecule has 1 saturated heterocycles. The zero-order chi connectivity index (χ0) is 23.5. The Balaban J connectivity index is 1.44. The Labute approximate surface area is 203 Å². The summed E-state index contributed by atoms with van der Waals surface area (Å²) in [6.07, 6.45) is 0.529. The summed E-state index contributed by atoms with van der Waals surface area (Å²) in [5.74, 6) is 0.515. The van der Waals surface area contributed by atoms with Crippen LogP contribution >= 0.6 is 11.6 Å². The van der Waals surface area contributed by atoms with Crippen LogP contribution in [-0.4, -0.2) is 81.3 Å². The molecule has 1 fully saturated rings. The van der Waals surface area contributed by atoms with Crippen molar-refractivity contribution >= 4 is 17.3 Å². The van der Waals surface area contributed by atoms with E-state index >= 15 is 0 Å². The highest BCUT2D eigenvalue weighted by atomic mass is 35.5. The molecule has 3 heterocycles. The highest BCUT2D eigenvalue weighted by molar-refractivity contribution is 6.31. The Kier molecular flexibility index (Phi) is 6.82. The highest BCUT2D eigenvalue weighted by Crippen LogP contribution is 2.26. The Hall–Kier alpha value is -2.91. The van der Waals surface area contributed by atoms with E-state index in [1.165, 1.54) is 0 Å². The molecule has 0 bridgehead atoms. The van der Waals surface area contributed by atoms with Crippen molar-refractivity contribution < 1.29 is 5.11 Å². The SMILES string of the molecule is O=c1c(CCN2CCN(CCO)CC2)nnc2n1-c1ccc(Cl)cc1C(c1ccccc1)=NC2. The van der Waals surface area contributed by atoms with Crippen molar-refractivity contribution in [3.63, 3.8) is 0 Å². The molecule has 0 amide bonds. The lowest BCUT2D eigenvalue weighted by Gasteiger charge is -2.34. The smallest absolute Gasteiger partial charge is 0.280 e. The van der Waals surface area contributed by atoms with Crippen LogP contribution in [0.3, 0.4) is 0 Å². The number of benzene rings is 2. The van der Waals surface area contributed by atoms with Crippen LogP contribution in [0.25, 0.3) is 5.69 Å². The zero-order valence-electron chi connectivity index (χ0n) is 18.9. The van der Waals surface area contributed by atoms with E-state index in [-0.39, 0.29) is 18.7 Å². The molecule has 8 nitrogen and oxygen atoms in total. The fourth-order valence-electron chi connectivity index (χ4n) is 4.57. The van der Waals surface area contributed by atoms with Gasteiger partial charge in [-0.2, -0.15) is 0 Å². The summed E-state index contributed by atoms with van der Waals surface area (Å²) < 4.78 is 1.65. The van der Waals surface area contributed by atoms with Crippen molar-refractivity contribution in [2.45, 2.75) is 13.0 Å².